The highest BCUT2D eigenvalue weighted by atomic mass is 35.5. The van der Waals surface area contributed by atoms with E-state index in [1.54, 1.807) is 0 Å². The first-order chi connectivity index (χ1) is 9.85. The van der Waals surface area contributed by atoms with Crippen LogP contribution in [0.3, 0.4) is 0 Å². The number of alkyl halides is 1. The van der Waals surface area contributed by atoms with E-state index in [0.29, 0.717) is 18.0 Å². The largest absolute Gasteiger partial charge is 0.490 e. The molecule has 0 heterocycles. The van der Waals surface area contributed by atoms with Gasteiger partial charge in [-0.05, 0) is 18.4 Å². The van der Waals surface area contributed by atoms with Gasteiger partial charge in [0.1, 0.15) is 0 Å². The fourth-order valence-electron chi connectivity index (χ4n) is 1.87. The molecule has 1 N–H and O–H groups in total. The van der Waals surface area contributed by atoms with Crippen LogP contribution in [-0.4, -0.2) is 29.9 Å². The number of carbonyl (C=O) groups is 1. The van der Waals surface area contributed by atoms with Gasteiger partial charge >= 0.3 is 5.69 Å². The molecule has 116 valence electrons. The zero-order valence-corrected chi connectivity index (χ0v) is 13.0. The molecule has 1 amide bonds. The number of nitrogens with one attached hydrogen (secondary N) is 1. The van der Waals surface area contributed by atoms with Crippen molar-refractivity contribution < 1.29 is 14.5 Å². The van der Waals surface area contributed by atoms with Gasteiger partial charge in [0.05, 0.1) is 17.4 Å². The van der Waals surface area contributed by atoms with E-state index in [-0.39, 0.29) is 22.7 Å². The minimum Gasteiger partial charge on any atom is -0.490 e. The molecule has 0 spiro atoms. The van der Waals surface area contributed by atoms with Crippen molar-refractivity contribution in [1.82, 2.24) is 5.32 Å². The molecular formula is C14H19ClN2O4. The summed E-state index contributed by atoms with van der Waals surface area (Å²) in [4.78, 5) is 22.2. The maximum absolute atomic E-state index is 12.0. The summed E-state index contributed by atoms with van der Waals surface area (Å²) in [5, 5.41) is 13.4. The Kier molecular flexibility index (Phi) is 6.42. The molecule has 1 rings (SSSR count). The highest BCUT2D eigenvalue weighted by Gasteiger charge is 2.18. The van der Waals surface area contributed by atoms with Gasteiger partial charge in [-0.15, -0.1) is 11.6 Å². The zero-order chi connectivity index (χ0) is 16.0. The second-order valence-electron chi connectivity index (χ2n) is 5.08. The third-order valence-corrected chi connectivity index (χ3v) is 3.18. The molecule has 7 heteroatoms. The van der Waals surface area contributed by atoms with Gasteiger partial charge in [-0.3, -0.25) is 14.9 Å². The molecule has 21 heavy (non-hydrogen) atoms. The van der Waals surface area contributed by atoms with Crippen LogP contribution in [0, 0.1) is 16.0 Å². The molecule has 1 aromatic rings. The summed E-state index contributed by atoms with van der Waals surface area (Å²) in [7, 11) is 1.32. The minimum absolute atomic E-state index is 0.0530. The molecule has 1 aromatic carbocycles. The zero-order valence-electron chi connectivity index (χ0n) is 12.3. The second kappa shape index (κ2) is 7.83. The number of benzene rings is 1. The molecule has 0 bridgehead atoms. The van der Waals surface area contributed by atoms with Gasteiger partial charge in [0, 0.05) is 24.2 Å². The number of nitro benzene ring substituents is 1. The molecule has 0 aromatic heterocycles. The van der Waals surface area contributed by atoms with E-state index in [1.807, 2.05) is 0 Å². The van der Waals surface area contributed by atoms with Crippen molar-refractivity contribution >= 4 is 23.2 Å². The first kappa shape index (κ1) is 17.2. The van der Waals surface area contributed by atoms with Crippen LogP contribution in [0.4, 0.5) is 5.69 Å². The van der Waals surface area contributed by atoms with Crippen molar-refractivity contribution in [3.8, 4) is 5.75 Å². The van der Waals surface area contributed by atoms with Crippen molar-refractivity contribution in [3.63, 3.8) is 0 Å². The lowest BCUT2D eigenvalue weighted by Gasteiger charge is -2.13. The number of methoxy groups -OCH3 is 1. The van der Waals surface area contributed by atoms with E-state index in [2.05, 4.69) is 19.2 Å². The van der Waals surface area contributed by atoms with Crippen molar-refractivity contribution in [1.29, 1.82) is 0 Å². The summed E-state index contributed by atoms with van der Waals surface area (Å²) < 4.78 is 4.93. The monoisotopic (exact) mass is 314 g/mol. The van der Waals surface area contributed by atoms with Crippen LogP contribution in [0.15, 0.2) is 18.2 Å². The molecular weight excluding hydrogens is 296 g/mol. The quantitative estimate of drug-likeness (QED) is 0.476. The number of hydrogen-bond donors (Lipinski definition) is 1. The Morgan fingerprint density at radius 3 is 2.67 bits per heavy atom. The van der Waals surface area contributed by atoms with Crippen LogP contribution in [0.5, 0.6) is 5.75 Å². The van der Waals surface area contributed by atoms with Crippen LogP contribution in [0.2, 0.25) is 0 Å². The normalized spacial score (nSPS) is 12.0. The molecule has 0 saturated heterocycles. The van der Waals surface area contributed by atoms with Crippen molar-refractivity contribution in [2.24, 2.45) is 5.92 Å². The number of nitrogens with zero attached hydrogens (tertiary/aromatic N) is 1. The van der Waals surface area contributed by atoms with Crippen LogP contribution in [0.1, 0.15) is 30.6 Å². The highest BCUT2D eigenvalue weighted by molar-refractivity contribution is 6.21. The Morgan fingerprint density at radius 2 is 2.14 bits per heavy atom. The molecule has 0 radical (unpaired) electrons. The van der Waals surface area contributed by atoms with Crippen LogP contribution < -0.4 is 10.1 Å². The molecule has 0 aliphatic carbocycles. The van der Waals surface area contributed by atoms with Crippen LogP contribution in [-0.2, 0) is 0 Å². The summed E-state index contributed by atoms with van der Waals surface area (Å²) in [6.07, 6.45) is 0.797. The summed E-state index contributed by atoms with van der Waals surface area (Å²) in [6, 6.07) is 3.99. The lowest BCUT2D eigenvalue weighted by molar-refractivity contribution is -0.385. The molecule has 0 fully saturated rings. The Balaban J connectivity index is 2.73. The lowest BCUT2D eigenvalue weighted by atomic mass is 10.1. The first-order valence-electron chi connectivity index (χ1n) is 6.59. The maximum Gasteiger partial charge on any atom is 0.310 e. The van der Waals surface area contributed by atoms with Gasteiger partial charge < -0.3 is 10.1 Å². The minimum atomic E-state index is -0.558. The molecule has 1 unspecified atom stereocenters. The summed E-state index contributed by atoms with van der Waals surface area (Å²) in [6.45, 7) is 4.45. The number of hydrogen-bond acceptors (Lipinski definition) is 4. The number of carbonyl (C=O) groups excluding carboxylic acids is 1. The fraction of sp³-hybridized carbons (Fsp3) is 0.500. The van der Waals surface area contributed by atoms with Gasteiger partial charge in [-0.1, -0.05) is 13.8 Å². The predicted molar refractivity (Wildman–Crippen MR) is 81.1 cm³/mol. The lowest BCUT2D eigenvalue weighted by Crippen LogP contribution is -2.30. The van der Waals surface area contributed by atoms with E-state index in [0.717, 1.165) is 6.42 Å². The Labute approximate surface area is 128 Å². The van der Waals surface area contributed by atoms with Gasteiger partial charge in [-0.25, -0.2) is 0 Å². The number of amides is 1. The summed E-state index contributed by atoms with van der Waals surface area (Å²) in [5.74, 6) is 0.165. The Hall–Kier alpha value is -1.82. The smallest absolute Gasteiger partial charge is 0.310 e. The standard InChI is InChI=1S/C14H19ClN2O4/c1-9(2)6-11(15)8-16-14(18)10-4-5-12(17(19)20)13(7-10)21-3/h4-5,7,9,11H,6,8H2,1-3H3,(H,16,18). The SMILES string of the molecule is COc1cc(C(=O)NCC(Cl)CC(C)C)ccc1[N+](=O)[O-]. The number of halogens is 1. The van der Waals surface area contributed by atoms with E-state index in [9.17, 15) is 14.9 Å². The topological polar surface area (TPSA) is 81.5 Å². The van der Waals surface area contributed by atoms with E-state index in [4.69, 9.17) is 16.3 Å². The maximum atomic E-state index is 12.0. The van der Waals surface area contributed by atoms with E-state index >= 15 is 0 Å². The van der Waals surface area contributed by atoms with Crippen molar-refractivity contribution in [2.75, 3.05) is 13.7 Å². The number of nitro groups is 1. The number of ether oxygens (including phenoxy) is 1. The fourth-order valence-corrected chi connectivity index (χ4v) is 2.30. The van der Waals surface area contributed by atoms with Gasteiger partial charge in [0.15, 0.2) is 5.75 Å². The summed E-state index contributed by atoms with van der Waals surface area (Å²) in [5.41, 5.74) is 0.120. The average molecular weight is 315 g/mol. The van der Waals surface area contributed by atoms with Gasteiger partial charge in [0.2, 0.25) is 0 Å². The molecule has 1 atom stereocenters. The van der Waals surface area contributed by atoms with E-state index < -0.39 is 4.92 Å². The molecule has 6 nitrogen and oxygen atoms in total. The van der Waals surface area contributed by atoms with E-state index in [1.165, 1.54) is 25.3 Å². The van der Waals surface area contributed by atoms with Crippen LogP contribution in [0.25, 0.3) is 0 Å². The second-order valence-corrected chi connectivity index (χ2v) is 5.70. The predicted octanol–water partition coefficient (Wildman–Crippen LogP) is 2.99. The van der Waals surface area contributed by atoms with Crippen molar-refractivity contribution in [2.45, 2.75) is 25.6 Å². The molecule has 0 aliphatic heterocycles. The molecule has 0 aliphatic rings. The molecule has 0 saturated carbocycles. The van der Waals surface area contributed by atoms with Crippen LogP contribution >= 0.6 is 11.6 Å². The third kappa shape index (κ3) is 5.23. The Bertz CT molecular complexity index is 520. The van der Waals surface area contributed by atoms with Gasteiger partial charge in [0.25, 0.3) is 5.91 Å². The third-order valence-electron chi connectivity index (χ3n) is 2.85. The average Bonchev–Trinajstić information content (AvgIpc) is 2.43. The Morgan fingerprint density at radius 1 is 1.48 bits per heavy atom. The number of rotatable bonds is 7. The highest BCUT2D eigenvalue weighted by Crippen LogP contribution is 2.27. The van der Waals surface area contributed by atoms with Gasteiger partial charge in [-0.2, -0.15) is 0 Å². The van der Waals surface area contributed by atoms with Crippen molar-refractivity contribution in [3.05, 3.63) is 33.9 Å². The summed E-state index contributed by atoms with van der Waals surface area (Å²) >= 11 is 6.10. The first-order valence-corrected chi connectivity index (χ1v) is 7.03.